The highest BCUT2D eigenvalue weighted by molar-refractivity contribution is 5.68. The predicted molar refractivity (Wildman–Crippen MR) is 85.6 cm³/mol. The van der Waals surface area contributed by atoms with Crippen molar-refractivity contribution in [1.82, 2.24) is 20.0 Å². The fraction of sp³-hybridized carbons (Fsp3) is 0.750. The molecule has 0 saturated carbocycles. The first-order chi connectivity index (χ1) is 10.3. The van der Waals surface area contributed by atoms with E-state index in [1.165, 1.54) is 0 Å². The lowest BCUT2D eigenvalue weighted by Crippen LogP contribution is -2.50. The van der Waals surface area contributed by atoms with Crippen LogP contribution in [-0.4, -0.2) is 46.0 Å². The van der Waals surface area contributed by atoms with Gasteiger partial charge in [0.25, 0.3) is 0 Å². The maximum Gasteiger partial charge on any atom is 0.410 e. The number of hydrogen-bond donors (Lipinski definition) is 1. The third kappa shape index (κ3) is 4.47. The van der Waals surface area contributed by atoms with Crippen molar-refractivity contribution in [3.63, 3.8) is 0 Å². The molecule has 1 saturated heterocycles. The normalized spacial score (nSPS) is 19.5. The summed E-state index contributed by atoms with van der Waals surface area (Å²) in [4.78, 5) is 14.0. The molecule has 1 atom stereocenters. The van der Waals surface area contributed by atoms with Gasteiger partial charge in [-0.1, -0.05) is 13.8 Å². The van der Waals surface area contributed by atoms with Gasteiger partial charge in [-0.3, -0.25) is 4.68 Å². The zero-order valence-electron chi connectivity index (χ0n) is 14.3. The summed E-state index contributed by atoms with van der Waals surface area (Å²) in [6.07, 6.45) is 1.58. The van der Waals surface area contributed by atoms with Gasteiger partial charge < -0.3 is 15.0 Å². The average Bonchev–Trinajstić information content (AvgIpc) is 2.84. The Morgan fingerprint density at radius 2 is 2.23 bits per heavy atom. The highest BCUT2D eigenvalue weighted by Gasteiger charge is 2.29. The average molecular weight is 308 g/mol. The van der Waals surface area contributed by atoms with Gasteiger partial charge in [0.1, 0.15) is 5.60 Å². The van der Waals surface area contributed by atoms with Crippen molar-refractivity contribution in [2.24, 2.45) is 5.92 Å². The smallest absolute Gasteiger partial charge is 0.410 e. The van der Waals surface area contributed by atoms with Crippen LogP contribution in [0.3, 0.4) is 0 Å². The van der Waals surface area contributed by atoms with Crippen molar-refractivity contribution in [3.05, 3.63) is 18.0 Å². The van der Waals surface area contributed by atoms with Gasteiger partial charge >= 0.3 is 6.09 Å². The summed E-state index contributed by atoms with van der Waals surface area (Å²) in [6, 6.07) is 2.13. The first-order valence-electron chi connectivity index (χ1n) is 7.99. The van der Waals surface area contributed by atoms with E-state index in [1.54, 1.807) is 4.90 Å². The molecule has 6 heteroatoms. The lowest BCUT2D eigenvalue weighted by Gasteiger charge is -2.35. The number of nitrogens with zero attached hydrogens (tertiary/aromatic N) is 3. The van der Waals surface area contributed by atoms with Crippen LogP contribution < -0.4 is 5.32 Å². The number of nitrogens with one attached hydrogen (secondary N) is 1. The maximum absolute atomic E-state index is 12.2. The number of carbonyl (C=O) groups excluding carboxylic acids is 1. The van der Waals surface area contributed by atoms with Crippen molar-refractivity contribution < 1.29 is 9.53 Å². The van der Waals surface area contributed by atoms with Crippen molar-refractivity contribution in [1.29, 1.82) is 0 Å². The first-order valence-corrected chi connectivity index (χ1v) is 7.99. The van der Waals surface area contributed by atoms with E-state index in [-0.39, 0.29) is 12.1 Å². The second-order valence-electron chi connectivity index (χ2n) is 7.27. The van der Waals surface area contributed by atoms with Gasteiger partial charge in [-0.15, -0.1) is 0 Å². The summed E-state index contributed by atoms with van der Waals surface area (Å²) in [7, 11) is 0. The number of carbonyl (C=O) groups is 1. The van der Waals surface area contributed by atoms with Gasteiger partial charge in [0.15, 0.2) is 0 Å². The molecule has 0 spiro atoms. The molecule has 124 valence electrons. The van der Waals surface area contributed by atoms with Crippen LogP contribution in [0.25, 0.3) is 0 Å². The molecule has 1 aromatic heterocycles. The summed E-state index contributed by atoms with van der Waals surface area (Å²) in [5.41, 5.74) is 0.665. The molecule has 0 radical (unpaired) electrons. The van der Waals surface area contributed by atoms with E-state index >= 15 is 0 Å². The topological polar surface area (TPSA) is 59.4 Å². The van der Waals surface area contributed by atoms with E-state index in [4.69, 9.17) is 4.74 Å². The third-order valence-corrected chi connectivity index (χ3v) is 3.47. The van der Waals surface area contributed by atoms with Crippen LogP contribution in [0.5, 0.6) is 0 Å². The van der Waals surface area contributed by atoms with Crippen molar-refractivity contribution >= 4 is 6.09 Å². The Kier molecular flexibility index (Phi) is 5.11. The van der Waals surface area contributed by atoms with E-state index in [9.17, 15) is 4.79 Å². The summed E-state index contributed by atoms with van der Waals surface area (Å²) in [5.74, 6) is 0.532. The predicted octanol–water partition coefficient (Wildman–Crippen LogP) is 2.42. The van der Waals surface area contributed by atoms with Crippen molar-refractivity contribution in [3.8, 4) is 0 Å². The van der Waals surface area contributed by atoms with E-state index < -0.39 is 5.60 Å². The van der Waals surface area contributed by atoms with Crippen LogP contribution in [0.1, 0.15) is 46.4 Å². The maximum atomic E-state index is 12.2. The number of amides is 1. The Balaban J connectivity index is 2.05. The second kappa shape index (κ2) is 6.69. The van der Waals surface area contributed by atoms with Crippen LogP contribution >= 0.6 is 0 Å². The van der Waals surface area contributed by atoms with E-state index in [0.29, 0.717) is 19.0 Å². The second-order valence-corrected chi connectivity index (χ2v) is 7.27. The minimum absolute atomic E-state index is 0.0996. The van der Waals surface area contributed by atoms with Gasteiger partial charge in [0.05, 0.1) is 11.7 Å². The number of piperazine rings is 1. The molecule has 1 aromatic rings. The SMILES string of the molecule is CC(C)Cn1nccc1C1CN(C(=O)OC(C)(C)C)CCN1. The van der Waals surface area contributed by atoms with Crippen molar-refractivity contribution in [2.45, 2.75) is 52.8 Å². The zero-order valence-corrected chi connectivity index (χ0v) is 14.3. The summed E-state index contributed by atoms with van der Waals surface area (Å²) < 4.78 is 7.50. The summed E-state index contributed by atoms with van der Waals surface area (Å²) >= 11 is 0. The van der Waals surface area contributed by atoms with Crippen LogP contribution in [0.2, 0.25) is 0 Å². The Labute approximate surface area is 132 Å². The largest absolute Gasteiger partial charge is 0.444 e. The molecule has 1 N–H and O–H groups in total. The molecule has 2 heterocycles. The fourth-order valence-corrected chi connectivity index (χ4v) is 2.58. The Morgan fingerprint density at radius 1 is 1.50 bits per heavy atom. The molecular weight excluding hydrogens is 280 g/mol. The Morgan fingerprint density at radius 3 is 2.86 bits per heavy atom. The van der Waals surface area contributed by atoms with E-state index in [1.807, 2.05) is 37.7 Å². The van der Waals surface area contributed by atoms with Gasteiger partial charge in [-0.05, 0) is 32.8 Å². The summed E-state index contributed by atoms with van der Waals surface area (Å²) in [5, 5.41) is 7.88. The van der Waals surface area contributed by atoms with Crippen LogP contribution in [0.15, 0.2) is 12.3 Å². The van der Waals surface area contributed by atoms with Crippen molar-refractivity contribution in [2.75, 3.05) is 19.6 Å². The number of hydrogen-bond acceptors (Lipinski definition) is 4. The minimum atomic E-state index is -0.461. The highest BCUT2D eigenvalue weighted by Crippen LogP contribution is 2.20. The van der Waals surface area contributed by atoms with Gasteiger partial charge in [-0.2, -0.15) is 5.10 Å². The molecule has 1 aliphatic rings. The number of aromatic nitrogens is 2. The van der Waals surface area contributed by atoms with E-state index in [0.717, 1.165) is 18.8 Å². The fourth-order valence-electron chi connectivity index (χ4n) is 2.58. The molecule has 22 heavy (non-hydrogen) atoms. The zero-order chi connectivity index (χ0) is 16.3. The molecule has 0 bridgehead atoms. The number of rotatable bonds is 3. The Bertz CT molecular complexity index is 504. The molecule has 1 fully saturated rings. The van der Waals surface area contributed by atoms with Gasteiger partial charge in [-0.25, -0.2) is 4.79 Å². The quantitative estimate of drug-likeness (QED) is 0.931. The third-order valence-electron chi connectivity index (χ3n) is 3.47. The molecule has 1 unspecified atom stereocenters. The molecule has 1 aliphatic heterocycles. The molecular formula is C16H28N4O2. The monoisotopic (exact) mass is 308 g/mol. The highest BCUT2D eigenvalue weighted by atomic mass is 16.6. The van der Waals surface area contributed by atoms with Crippen LogP contribution in [-0.2, 0) is 11.3 Å². The lowest BCUT2D eigenvalue weighted by atomic mass is 10.1. The van der Waals surface area contributed by atoms with E-state index in [2.05, 4.69) is 24.3 Å². The summed E-state index contributed by atoms with van der Waals surface area (Å²) in [6.45, 7) is 12.9. The van der Waals surface area contributed by atoms with Crippen LogP contribution in [0, 0.1) is 5.92 Å². The molecule has 0 aromatic carbocycles. The molecule has 1 amide bonds. The van der Waals surface area contributed by atoms with Crippen LogP contribution in [0.4, 0.5) is 4.79 Å². The molecule has 2 rings (SSSR count). The molecule has 0 aliphatic carbocycles. The standard InChI is InChI=1S/C16H28N4O2/c1-12(2)10-20-14(6-7-18-20)13-11-19(9-8-17-13)15(21)22-16(3,4)5/h6-7,12-13,17H,8-11H2,1-5H3. The molecule has 6 nitrogen and oxygen atoms in total. The first kappa shape index (κ1) is 16.8. The van der Waals surface area contributed by atoms with Gasteiger partial charge in [0, 0.05) is 32.4 Å². The minimum Gasteiger partial charge on any atom is -0.444 e. The lowest BCUT2D eigenvalue weighted by molar-refractivity contribution is 0.0192. The Hall–Kier alpha value is -1.56. The van der Waals surface area contributed by atoms with Gasteiger partial charge in [0.2, 0.25) is 0 Å². The number of ether oxygens (including phenoxy) is 1.